The van der Waals surface area contributed by atoms with Gasteiger partial charge in [0, 0.05) is 0 Å². The van der Waals surface area contributed by atoms with E-state index in [1.54, 1.807) is 72.8 Å². The van der Waals surface area contributed by atoms with Gasteiger partial charge in [-0.3, -0.25) is 29.0 Å². The number of rotatable bonds is 4. The number of nitrogens with zero attached hydrogens (tertiary/aromatic N) is 2. The fourth-order valence-corrected chi connectivity index (χ4v) is 4.99. The third kappa shape index (κ3) is 4.49. The quantitative estimate of drug-likeness (QED) is 0.169. The summed E-state index contributed by atoms with van der Waals surface area (Å²) in [4.78, 5) is 51.2. The zero-order valence-corrected chi connectivity index (χ0v) is 21.3. The predicted octanol–water partition coefficient (Wildman–Crippen LogP) is 6.44. The van der Waals surface area contributed by atoms with Crippen molar-refractivity contribution in [1.82, 2.24) is 9.80 Å². The lowest BCUT2D eigenvalue weighted by Crippen LogP contribution is -2.31. The van der Waals surface area contributed by atoms with Crippen LogP contribution in [0.15, 0.2) is 109 Å². The molecule has 2 unspecified atom stereocenters. The smallest absolute Gasteiger partial charge is 0.263 e. The number of benzene rings is 4. The molecule has 6 rings (SSSR count). The Labute approximate surface area is 229 Å². The standard InChI is InChI=1S/2C15H10ClNO2/c2*16-13(10-6-2-1-3-7-10)17-14(18)11-8-4-5-9-12(11)15(17)19/h2*1-9,13H. The van der Waals surface area contributed by atoms with Crippen LogP contribution < -0.4 is 0 Å². The molecule has 2 heterocycles. The lowest BCUT2D eigenvalue weighted by atomic mass is 10.1. The van der Waals surface area contributed by atoms with Crippen LogP contribution in [0.4, 0.5) is 0 Å². The first-order valence-corrected chi connectivity index (χ1v) is 12.6. The Bertz CT molecular complexity index is 1360. The van der Waals surface area contributed by atoms with Gasteiger partial charge < -0.3 is 0 Å². The van der Waals surface area contributed by atoms with Crippen LogP contribution in [0.1, 0.15) is 63.6 Å². The summed E-state index contributed by atoms with van der Waals surface area (Å²) in [5, 5.41) is 0. The van der Waals surface area contributed by atoms with E-state index in [4.69, 9.17) is 23.2 Å². The van der Waals surface area contributed by atoms with E-state index in [1.165, 1.54) is 0 Å². The molecule has 6 nitrogen and oxygen atoms in total. The van der Waals surface area contributed by atoms with Crippen molar-refractivity contribution in [2.45, 2.75) is 11.0 Å². The van der Waals surface area contributed by atoms with Crippen molar-refractivity contribution in [1.29, 1.82) is 0 Å². The molecule has 4 aromatic carbocycles. The molecule has 0 aliphatic carbocycles. The molecule has 0 fully saturated rings. The summed E-state index contributed by atoms with van der Waals surface area (Å²) in [5.74, 6) is -1.37. The number of imide groups is 2. The van der Waals surface area contributed by atoms with Crippen LogP contribution >= 0.6 is 23.2 Å². The molecule has 188 valence electrons. The minimum atomic E-state index is -0.784. The van der Waals surface area contributed by atoms with E-state index in [0.29, 0.717) is 22.3 Å². The molecule has 0 bridgehead atoms. The summed E-state index contributed by atoms with van der Waals surface area (Å²) < 4.78 is 0. The van der Waals surface area contributed by atoms with Gasteiger partial charge in [0.15, 0.2) is 0 Å². The van der Waals surface area contributed by atoms with E-state index >= 15 is 0 Å². The SMILES string of the molecule is O=C1c2ccccc2C(=O)N1C(Cl)c1ccccc1.O=C1c2ccccc2C(=O)N1C(Cl)c1ccccc1. The van der Waals surface area contributed by atoms with E-state index in [-0.39, 0.29) is 23.6 Å². The van der Waals surface area contributed by atoms with E-state index in [9.17, 15) is 19.2 Å². The molecule has 0 saturated carbocycles. The molecular weight excluding hydrogens is 523 g/mol. The fraction of sp³-hybridized carbons (Fsp3) is 0.0667. The van der Waals surface area contributed by atoms with Gasteiger partial charge in [0.2, 0.25) is 0 Å². The zero-order chi connectivity index (χ0) is 26.8. The first kappa shape index (κ1) is 25.4. The first-order chi connectivity index (χ1) is 18.4. The minimum absolute atomic E-state index is 0.343. The molecule has 38 heavy (non-hydrogen) atoms. The van der Waals surface area contributed by atoms with Gasteiger partial charge in [0.1, 0.15) is 11.0 Å². The summed E-state index contributed by atoms with van der Waals surface area (Å²) in [5.41, 5.74) is 1.52. The number of carbonyl (C=O) groups excluding carboxylic acids is 4. The second-order valence-corrected chi connectivity index (χ2v) is 9.37. The number of carbonyl (C=O) groups is 4. The Morgan fingerprint density at radius 3 is 0.895 bits per heavy atom. The lowest BCUT2D eigenvalue weighted by molar-refractivity contribution is 0.0617. The number of hydrogen-bond donors (Lipinski definition) is 0. The van der Waals surface area contributed by atoms with Crippen molar-refractivity contribution in [3.63, 3.8) is 0 Å². The number of alkyl halides is 2. The largest absolute Gasteiger partial charge is 0.269 e. The van der Waals surface area contributed by atoms with Crippen LogP contribution in [0.3, 0.4) is 0 Å². The van der Waals surface area contributed by atoms with Gasteiger partial charge in [-0.25, -0.2) is 0 Å². The van der Waals surface area contributed by atoms with Crippen LogP contribution in [0.5, 0.6) is 0 Å². The van der Waals surface area contributed by atoms with E-state index in [0.717, 1.165) is 20.9 Å². The molecule has 0 saturated heterocycles. The van der Waals surface area contributed by atoms with E-state index < -0.39 is 11.0 Å². The monoisotopic (exact) mass is 542 g/mol. The highest BCUT2D eigenvalue weighted by Gasteiger charge is 2.40. The number of halogens is 2. The molecule has 2 aliphatic heterocycles. The van der Waals surface area contributed by atoms with Crippen molar-refractivity contribution in [2.24, 2.45) is 0 Å². The first-order valence-electron chi connectivity index (χ1n) is 11.7. The topological polar surface area (TPSA) is 74.8 Å². The molecule has 0 radical (unpaired) electrons. The van der Waals surface area contributed by atoms with Gasteiger partial charge in [0.05, 0.1) is 22.3 Å². The third-order valence-corrected chi connectivity index (χ3v) is 7.15. The molecular formula is C30H20Cl2N2O4. The Balaban J connectivity index is 0.000000155. The molecule has 0 N–H and O–H groups in total. The maximum absolute atomic E-state index is 12.2. The van der Waals surface area contributed by atoms with Gasteiger partial charge in [-0.15, -0.1) is 0 Å². The van der Waals surface area contributed by atoms with Crippen molar-refractivity contribution >= 4 is 46.8 Å². The van der Waals surface area contributed by atoms with Crippen LogP contribution in [0.25, 0.3) is 0 Å². The van der Waals surface area contributed by atoms with E-state index in [2.05, 4.69) is 0 Å². The van der Waals surface area contributed by atoms with Gasteiger partial charge in [0.25, 0.3) is 23.6 Å². The number of fused-ring (bicyclic) bond motifs is 2. The molecule has 2 aliphatic rings. The van der Waals surface area contributed by atoms with E-state index in [1.807, 2.05) is 36.4 Å². The Hall–Kier alpha value is -4.26. The average Bonchev–Trinajstić information content (AvgIpc) is 3.38. The molecule has 8 heteroatoms. The van der Waals surface area contributed by atoms with Crippen molar-refractivity contribution in [3.05, 3.63) is 143 Å². The second-order valence-electron chi connectivity index (χ2n) is 8.54. The third-order valence-electron chi connectivity index (χ3n) is 6.25. The van der Waals surface area contributed by atoms with Crippen molar-refractivity contribution in [2.75, 3.05) is 0 Å². The molecule has 0 spiro atoms. The van der Waals surface area contributed by atoms with Gasteiger partial charge >= 0.3 is 0 Å². The van der Waals surface area contributed by atoms with Gasteiger partial charge in [-0.05, 0) is 35.4 Å². The van der Waals surface area contributed by atoms with Crippen LogP contribution in [-0.2, 0) is 0 Å². The fourth-order valence-electron chi connectivity index (χ4n) is 4.35. The summed E-state index contributed by atoms with van der Waals surface area (Å²) >= 11 is 12.6. The number of hydrogen-bond acceptors (Lipinski definition) is 4. The Kier molecular flexibility index (Phi) is 7.09. The average molecular weight is 543 g/mol. The summed E-state index contributed by atoms with van der Waals surface area (Å²) in [7, 11) is 0. The highest BCUT2D eigenvalue weighted by Crippen LogP contribution is 2.34. The predicted molar refractivity (Wildman–Crippen MR) is 144 cm³/mol. The summed E-state index contributed by atoms with van der Waals surface area (Å²) in [6.07, 6.45) is 0. The van der Waals surface area contributed by atoms with Gasteiger partial charge in [-0.1, -0.05) is 108 Å². The number of amides is 4. The maximum Gasteiger partial charge on any atom is 0.263 e. The maximum atomic E-state index is 12.2. The molecule has 2 atom stereocenters. The van der Waals surface area contributed by atoms with Crippen molar-refractivity contribution < 1.29 is 19.2 Å². The molecule has 4 amide bonds. The zero-order valence-electron chi connectivity index (χ0n) is 19.8. The highest BCUT2D eigenvalue weighted by molar-refractivity contribution is 6.29. The van der Waals surface area contributed by atoms with Crippen LogP contribution in [-0.4, -0.2) is 33.4 Å². The summed E-state index contributed by atoms with van der Waals surface area (Å²) in [6.45, 7) is 0. The van der Waals surface area contributed by atoms with Gasteiger partial charge in [-0.2, -0.15) is 0 Å². The van der Waals surface area contributed by atoms with Crippen LogP contribution in [0, 0.1) is 0 Å². The van der Waals surface area contributed by atoms with Crippen LogP contribution in [0.2, 0.25) is 0 Å². The van der Waals surface area contributed by atoms with Crippen molar-refractivity contribution in [3.8, 4) is 0 Å². The normalized spacial score (nSPS) is 15.5. The molecule has 0 aromatic heterocycles. The Morgan fingerprint density at radius 1 is 0.395 bits per heavy atom. The molecule has 4 aromatic rings. The summed E-state index contributed by atoms with van der Waals surface area (Å²) in [6, 6.07) is 31.7. The highest BCUT2D eigenvalue weighted by atomic mass is 35.5. The minimum Gasteiger partial charge on any atom is -0.269 e. The Morgan fingerprint density at radius 2 is 0.632 bits per heavy atom. The second kappa shape index (κ2) is 10.6. The lowest BCUT2D eigenvalue weighted by Gasteiger charge is -2.20.